The molecule has 1 aliphatic heterocycles. The van der Waals surface area contributed by atoms with Gasteiger partial charge in [0.25, 0.3) is 0 Å². The Hall–Kier alpha value is -0.0800. The summed E-state index contributed by atoms with van der Waals surface area (Å²) in [6.45, 7) is 12.7. The van der Waals surface area contributed by atoms with E-state index >= 15 is 0 Å². The minimum Gasteiger partial charge on any atom is -0.330 e. The van der Waals surface area contributed by atoms with E-state index in [-0.39, 0.29) is 0 Å². The minimum absolute atomic E-state index is 0.671. The molecule has 0 aromatic heterocycles. The maximum atomic E-state index is 5.66. The number of nitrogens with two attached hydrogens (primary N) is 1. The highest BCUT2D eigenvalue weighted by Crippen LogP contribution is 2.27. The van der Waals surface area contributed by atoms with E-state index in [0.717, 1.165) is 24.4 Å². The van der Waals surface area contributed by atoms with Crippen molar-refractivity contribution < 1.29 is 0 Å². The largest absolute Gasteiger partial charge is 0.330 e. The molecule has 1 fully saturated rings. The van der Waals surface area contributed by atoms with Crippen molar-refractivity contribution in [3.8, 4) is 0 Å². The summed E-state index contributed by atoms with van der Waals surface area (Å²) in [5.74, 6) is 2.39. The first kappa shape index (κ1) is 13.0. The van der Waals surface area contributed by atoms with Gasteiger partial charge < -0.3 is 10.6 Å². The molecule has 2 nitrogen and oxygen atoms in total. The van der Waals surface area contributed by atoms with Gasteiger partial charge >= 0.3 is 0 Å². The Morgan fingerprint density at radius 2 is 2.00 bits per heavy atom. The smallest absolute Gasteiger partial charge is 0.00927 e. The number of hydrogen-bond donors (Lipinski definition) is 1. The van der Waals surface area contributed by atoms with Crippen molar-refractivity contribution in [2.24, 2.45) is 23.5 Å². The lowest BCUT2D eigenvalue weighted by Crippen LogP contribution is -2.46. The summed E-state index contributed by atoms with van der Waals surface area (Å²) in [6.07, 6.45) is 2.64. The van der Waals surface area contributed by atoms with Crippen LogP contribution in [0.2, 0.25) is 0 Å². The normalized spacial score (nSPS) is 35.4. The monoisotopic (exact) mass is 212 g/mol. The molecule has 90 valence electrons. The molecule has 1 heterocycles. The van der Waals surface area contributed by atoms with Crippen molar-refractivity contribution in [3.63, 3.8) is 0 Å². The maximum Gasteiger partial charge on any atom is 0.00927 e. The third kappa shape index (κ3) is 3.76. The lowest BCUT2D eigenvalue weighted by Gasteiger charge is -2.41. The average molecular weight is 212 g/mol. The Bertz CT molecular complexity index is 181. The first-order chi connectivity index (χ1) is 7.04. The molecule has 4 unspecified atom stereocenters. The second-order valence-electron chi connectivity index (χ2n) is 5.68. The van der Waals surface area contributed by atoms with Crippen LogP contribution in [0.3, 0.4) is 0 Å². The molecule has 0 aromatic carbocycles. The molecule has 0 amide bonds. The summed E-state index contributed by atoms with van der Waals surface area (Å²) in [5, 5.41) is 0. The van der Waals surface area contributed by atoms with Gasteiger partial charge in [0, 0.05) is 12.6 Å². The van der Waals surface area contributed by atoms with Crippen molar-refractivity contribution in [3.05, 3.63) is 0 Å². The van der Waals surface area contributed by atoms with Gasteiger partial charge in [-0.25, -0.2) is 0 Å². The second-order valence-corrected chi connectivity index (χ2v) is 5.68. The van der Waals surface area contributed by atoms with E-state index in [0.29, 0.717) is 5.92 Å². The third-order valence-electron chi connectivity index (χ3n) is 4.03. The van der Waals surface area contributed by atoms with Crippen LogP contribution in [-0.4, -0.2) is 30.6 Å². The van der Waals surface area contributed by atoms with Crippen molar-refractivity contribution in [2.45, 2.75) is 46.6 Å². The van der Waals surface area contributed by atoms with E-state index in [1.54, 1.807) is 0 Å². The van der Waals surface area contributed by atoms with Crippen LogP contribution < -0.4 is 5.73 Å². The zero-order chi connectivity index (χ0) is 11.4. The predicted octanol–water partition coefficient (Wildman–Crippen LogP) is 2.34. The van der Waals surface area contributed by atoms with Crippen LogP contribution in [0, 0.1) is 17.8 Å². The van der Waals surface area contributed by atoms with Crippen LogP contribution in [0.25, 0.3) is 0 Å². The standard InChI is InChI=1S/C13H28N2/c1-10(8-14)5-6-15-9-11(2)7-12(3)13(15)4/h10-13H,5-9,14H2,1-4H3. The highest BCUT2D eigenvalue weighted by atomic mass is 15.2. The SMILES string of the molecule is CC(CN)CCN1CC(C)CC(C)C1C. The van der Waals surface area contributed by atoms with Crippen LogP contribution >= 0.6 is 0 Å². The second kappa shape index (κ2) is 5.86. The summed E-state index contributed by atoms with van der Waals surface area (Å²) in [5.41, 5.74) is 5.66. The van der Waals surface area contributed by atoms with E-state index in [9.17, 15) is 0 Å². The lowest BCUT2D eigenvalue weighted by atomic mass is 9.85. The topological polar surface area (TPSA) is 29.3 Å². The van der Waals surface area contributed by atoms with Gasteiger partial charge in [-0.15, -0.1) is 0 Å². The molecule has 1 aliphatic rings. The molecule has 1 rings (SSSR count). The molecule has 4 atom stereocenters. The quantitative estimate of drug-likeness (QED) is 0.775. The summed E-state index contributed by atoms with van der Waals surface area (Å²) < 4.78 is 0. The number of rotatable bonds is 4. The van der Waals surface area contributed by atoms with Gasteiger partial charge in [0.1, 0.15) is 0 Å². The van der Waals surface area contributed by atoms with Crippen LogP contribution in [0.4, 0.5) is 0 Å². The molecule has 2 N–H and O–H groups in total. The van der Waals surface area contributed by atoms with Crippen molar-refractivity contribution in [2.75, 3.05) is 19.6 Å². The molecule has 15 heavy (non-hydrogen) atoms. The molecule has 0 bridgehead atoms. The zero-order valence-electron chi connectivity index (χ0n) is 10.9. The van der Waals surface area contributed by atoms with Crippen LogP contribution in [0.15, 0.2) is 0 Å². The number of piperidine rings is 1. The first-order valence-corrected chi connectivity index (χ1v) is 6.48. The van der Waals surface area contributed by atoms with Gasteiger partial charge in [-0.2, -0.15) is 0 Å². The fourth-order valence-electron chi connectivity index (χ4n) is 2.63. The molecule has 2 heteroatoms. The van der Waals surface area contributed by atoms with Gasteiger partial charge in [0.05, 0.1) is 0 Å². The van der Waals surface area contributed by atoms with Crippen LogP contribution in [-0.2, 0) is 0 Å². The fourth-order valence-corrected chi connectivity index (χ4v) is 2.63. The summed E-state index contributed by atoms with van der Waals surface area (Å²) in [6, 6.07) is 0.756. The predicted molar refractivity (Wildman–Crippen MR) is 66.8 cm³/mol. The van der Waals surface area contributed by atoms with Gasteiger partial charge in [-0.05, 0) is 50.6 Å². The van der Waals surface area contributed by atoms with Gasteiger partial charge in [-0.1, -0.05) is 20.8 Å². The Labute approximate surface area is 95.2 Å². The fraction of sp³-hybridized carbons (Fsp3) is 1.00. The summed E-state index contributed by atoms with van der Waals surface area (Å²) in [4.78, 5) is 2.66. The average Bonchev–Trinajstić information content (AvgIpc) is 2.20. The highest BCUT2D eigenvalue weighted by molar-refractivity contribution is 4.82. The Kier molecular flexibility index (Phi) is 5.07. The van der Waals surface area contributed by atoms with Crippen molar-refractivity contribution >= 4 is 0 Å². The van der Waals surface area contributed by atoms with Crippen LogP contribution in [0.1, 0.15) is 40.5 Å². The molecule has 1 saturated heterocycles. The van der Waals surface area contributed by atoms with E-state index < -0.39 is 0 Å². The van der Waals surface area contributed by atoms with Gasteiger partial charge in [-0.3, -0.25) is 0 Å². The third-order valence-corrected chi connectivity index (χ3v) is 4.03. The van der Waals surface area contributed by atoms with Crippen molar-refractivity contribution in [1.82, 2.24) is 4.90 Å². The first-order valence-electron chi connectivity index (χ1n) is 6.48. The molecule has 0 aromatic rings. The van der Waals surface area contributed by atoms with Crippen molar-refractivity contribution in [1.29, 1.82) is 0 Å². The minimum atomic E-state index is 0.671. The summed E-state index contributed by atoms with van der Waals surface area (Å²) >= 11 is 0. The Morgan fingerprint density at radius 3 is 2.60 bits per heavy atom. The number of likely N-dealkylation sites (tertiary alicyclic amines) is 1. The molecular weight excluding hydrogens is 184 g/mol. The highest BCUT2D eigenvalue weighted by Gasteiger charge is 2.28. The maximum absolute atomic E-state index is 5.66. The van der Waals surface area contributed by atoms with E-state index in [4.69, 9.17) is 5.73 Å². The van der Waals surface area contributed by atoms with Gasteiger partial charge in [0.2, 0.25) is 0 Å². The summed E-state index contributed by atoms with van der Waals surface area (Å²) in [7, 11) is 0. The zero-order valence-corrected chi connectivity index (χ0v) is 10.9. The van der Waals surface area contributed by atoms with Gasteiger partial charge in [0.15, 0.2) is 0 Å². The molecule has 0 spiro atoms. The Balaban J connectivity index is 2.38. The molecule has 0 saturated carbocycles. The molecule has 0 aliphatic carbocycles. The molecule has 0 radical (unpaired) electrons. The van der Waals surface area contributed by atoms with E-state index in [1.807, 2.05) is 0 Å². The number of nitrogens with zero attached hydrogens (tertiary/aromatic N) is 1. The van der Waals surface area contributed by atoms with E-state index in [1.165, 1.54) is 25.9 Å². The number of hydrogen-bond acceptors (Lipinski definition) is 2. The molecular formula is C13H28N2. The lowest BCUT2D eigenvalue weighted by molar-refractivity contribution is 0.0752. The van der Waals surface area contributed by atoms with E-state index in [2.05, 4.69) is 32.6 Å². The van der Waals surface area contributed by atoms with Crippen LogP contribution in [0.5, 0.6) is 0 Å². The Morgan fingerprint density at radius 1 is 1.33 bits per heavy atom.